The van der Waals surface area contributed by atoms with E-state index in [9.17, 15) is 13.2 Å². The number of hydrogen-bond acceptors (Lipinski definition) is 4. The number of halogens is 1. The molecule has 3 aromatic rings. The van der Waals surface area contributed by atoms with Crippen molar-refractivity contribution in [1.29, 1.82) is 0 Å². The number of aryl methyl sites for hydroxylation is 1. The largest absolute Gasteiger partial charge is 0.385 e. The molecule has 4 rings (SSSR count). The number of nitrogens with one attached hydrogen (secondary N) is 2. The van der Waals surface area contributed by atoms with E-state index in [1.165, 1.54) is 0 Å². The Morgan fingerprint density at radius 3 is 2.72 bits per heavy atom. The van der Waals surface area contributed by atoms with Gasteiger partial charge in [0.2, 0.25) is 15.9 Å². The monoisotopic (exact) mass is 521 g/mol. The molecular formula is C22H28BrN5O3S. The van der Waals surface area contributed by atoms with Crippen LogP contribution in [-0.2, 0) is 21.4 Å². The zero-order chi connectivity index (χ0) is 22.9. The van der Waals surface area contributed by atoms with Gasteiger partial charge in [0, 0.05) is 47.4 Å². The molecule has 1 aliphatic heterocycles. The van der Waals surface area contributed by atoms with Gasteiger partial charge in [-0.25, -0.2) is 8.42 Å². The fourth-order valence-corrected chi connectivity index (χ4v) is 6.31. The van der Waals surface area contributed by atoms with E-state index in [1.807, 2.05) is 22.9 Å². The fraction of sp³-hybridized carbons (Fsp3) is 0.409. The number of fused-ring (bicyclic) bond motifs is 1. The van der Waals surface area contributed by atoms with Crippen LogP contribution in [-0.4, -0.2) is 47.9 Å². The van der Waals surface area contributed by atoms with Gasteiger partial charge in [-0.1, -0.05) is 13.0 Å². The first kappa shape index (κ1) is 22.9. The van der Waals surface area contributed by atoms with E-state index in [2.05, 4.69) is 32.6 Å². The third-order valence-corrected chi connectivity index (χ3v) is 8.26. The van der Waals surface area contributed by atoms with Gasteiger partial charge in [0.25, 0.3) is 0 Å². The molecule has 0 bridgehead atoms. The Kier molecular flexibility index (Phi) is 6.64. The van der Waals surface area contributed by atoms with E-state index in [-0.39, 0.29) is 10.8 Å². The van der Waals surface area contributed by atoms with Gasteiger partial charge in [-0.05, 0) is 65.4 Å². The molecule has 0 saturated carbocycles. The molecule has 172 valence electrons. The highest BCUT2D eigenvalue weighted by Crippen LogP contribution is 2.30. The maximum Gasteiger partial charge on any atom is 0.242 e. The van der Waals surface area contributed by atoms with Crippen molar-refractivity contribution in [2.24, 2.45) is 5.92 Å². The highest BCUT2D eigenvalue weighted by atomic mass is 79.9. The molecule has 2 aromatic heterocycles. The summed E-state index contributed by atoms with van der Waals surface area (Å²) < 4.78 is 32.0. The first-order valence-corrected chi connectivity index (χ1v) is 13.0. The number of nitrogens with two attached hydrogens (primary N) is 1. The van der Waals surface area contributed by atoms with Crippen molar-refractivity contribution in [1.82, 2.24) is 19.2 Å². The average molecular weight is 522 g/mol. The smallest absolute Gasteiger partial charge is 0.242 e. The lowest BCUT2D eigenvalue weighted by molar-refractivity contribution is -0.134. The van der Waals surface area contributed by atoms with Crippen LogP contribution in [0.4, 0.5) is 5.82 Å². The van der Waals surface area contributed by atoms with Crippen LogP contribution in [0.3, 0.4) is 0 Å². The zero-order valence-corrected chi connectivity index (χ0v) is 20.3. The number of carbonyl (C=O) groups excluding carboxylic acids is 1. The molecular weight excluding hydrogens is 494 g/mol. The van der Waals surface area contributed by atoms with Gasteiger partial charge in [0.05, 0.1) is 4.90 Å². The zero-order valence-electron chi connectivity index (χ0n) is 17.9. The van der Waals surface area contributed by atoms with E-state index >= 15 is 0 Å². The number of sulfonamides is 1. The summed E-state index contributed by atoms with van der Waals surface area (Å²) in [6.07, 6.45) is 5.67. The minimum Gasteiger partial charge on any atom is -0.385 e. The molecule has 1 fully saturated rings. The minimum atomic E-state index is -3.96. The molecule has 1 amide bonds. The van der Waals surface area contributed by atoms with E-state index < -0.39 is 16.1 Å². The quantitative estimate of drug-likeness (QED) is 0.442. The molecule has 8 nitrogen and oxygen atoms in total. The van der Waals surface area contributed by atoms with Crippen LogP contribution in [0, 0.1) is 5.92 Å². The predicted octanol–water partition coefficient (Wildman–Crippen LogP) is 3.31. The van der Waals surface area contributed by atoms with Gasteiger partial charge in [0.15, 0.2) is 0 Å². The molecule has 0 radical (unpaired) electrons. The van der Waals surface area contributed by atoms with E-state index in [1.54, 1.807) is 29.3 Å². The van der Waals surface area contributed by atoms with Crippen molar-refractivity contribution in [2.75, 3.05) is 18.8 Å². The van der Waals surface area contributed by atoms with Crippen LogP contribution in [0.5, 0.6) is 0 Å². The predicted molar refractivity (Wildman–Crippen MR) is 129 cm³/mol. The van der Waals surface area contributed by atoms with Crippen molar-refractivity contribution in [2.45, 2.75) is 43.7 Å². The first-order valence-electron chi connectivity index (χ1n) is 10.7. The van der Waals surface area contributed by atoms with Gasteiger partial charge in [-0.15, -0.1) is 0 Å². The lowest BCUT2D eigenvalue weighted by Gasteiger charge is -2.33. The number of amides is 1. The maximum absolute atomic E-state index is 13.4. The van der Waals surface area contributed by atoms with Crippen molar-refractivity contribution >= 4 is 48.6 Å². The molecule has 0 spiro atoms. The number of benzene rings is 1. The van der Waals surface area contributed by atoms with Crippen molar-refractivity contribution in [3.05, 3.63) is 47.2 Å². The summed E-state index contributed by atoms with van der Waals surface area (Å²) in [5.41, 5.74) is 6.67. The van der Waals surface area contributed by atoms with Crippen LogP contribution in [0.15, 0.2) is 52.1 Å². The second-order valence-corrected chi connectivity index (χ2v) is 10.9. The number of rotatable bonds is 7. The summed E-state index contributed by atoms with van der Waals surface area (Å²) in [6.45, 7) is 3.89. The Hall–Kier alpha value is -2.30. The summed E-state index contributed by atoms with van der Waals surface area (Å²) >= 11 is 3.42. The Labute approximate surface area is 196 Å². The number of anilines is 1. The van der Waals surface area contributed by atoms with Crippen molar-refractivity contribution in [3.8, 4) is 0 Å². The number of aromatic amines is 1. The number of carbonyl (C=O) groups is 1. The topological polar surface area (TPSA) is 113 Å². The number of aromatic nitrogens is 2. The third-order valence-electron chi connectivity index (χ3n) is 6.12. The summed E-state index contributed by atoms with van der Waals surface area (Å²) in [5.74, 6) is 0.954. The Morgan fingerprint density at radius 1 is 1.28 bits per heavy atom. The molecule has 3 heterocycles. The molecule has 10 heteroatoms. The fourth-order valence-electron chi connectivity index (χ4n) is 4.17. The molecule has 32 heavy (non-hydrogen) atoms. The number of hydrogen-bond donors (Lipinski definition) is 3. The Bertz CT molecular complexity index is 1210. The molecule has 4 N–H and O–H groups in total. The molecule has 1 aromatic carbocycles. The number of H-pyrrole nitrogens is 1. The summed E-state index contributed by atoms with van der Waals surface area (Å²) in [7, 11) is -3.96. The van der Waals surface area contributed by atoms with E-state index in [4.69, 9.17) is 5.73 Å². The highest BCUT2D eigenvalue weighted by Gasteiger charge is 2.32. The second kappa shape index (κ2) is 9.29. The number of likely N-dealkylation sites (tertiary alicyclic amines) is 1. The lowest BCUT2D eigenvalue weighted by atomic mass is 9.98. The second-order valence-electron chi connectivity index (χ2n) is 8.41. The SMILES string of the molecule is CC1CCN(C(=O)C(CCn2cccc2N)NS(=O)(=O)c2cccc3[nH]cc(Br)c23)CC1. The van der Waals surface area contributed by atoms with Gasteiger partial charge in [-0.2, -0.15) is 4.72 Å². The molecule has 1 saturated heterocycles. The summed E-state index contributed by atoms with van der Waals surface area (Å²) in [4.78, 5) is 18.3. The summed E-state index contributed by atoms with van der Waals surface area (Å²) in [5, 5.41) is 0.563. The number of piperidine rings is 1. The average Bonchev–Trinajstić information content (AvgIpc) is 3.36. The molecule has 0 aliphatic carbocycles. The normalized spacial score (nSPS) is 16.5. The standard InChI is InChI=1S/C22H28BrN5O3S/c1-15-7-11-28(12-8-15)22(29)18(9-13-27-10-3-6-20(27)24)26-32(30,31)19-5-2-4-17-21(19)16(23)14-25-17/h2-6,10,14-15,18,25-26H,7-9,11-13,24H2,1H3. The van der Waals surface area contributed by atoms with Gasteiger partial charge in [-0.3, -0.25) is 4.79 Å². The minimum absolute atomic E-state index is 0.133. The number of nitrogens with zero attached hydrogens (tertiary/aromatic N) is 2. The van der Waals surface area contributed by atoms with Crippen LogP contribution < -0.4 is 10.5 Å². The molecule has 1 atom stereocenters. The van der Waals surface area contributed by atoms with Crippen molar-refractivity contribution < 1.29 is 13.2 Å². The van der Waals surface area contributed by atoms with Gasteiger partial charge >= 0.3 is 0 Å². The van der Waals surface area contributed by atoms with Gasteiger partial charge in [0.1, 0.15) is 11.9 Å². The Balaban J connectivity index is 1.61. The van der Waals surface area contributed by atoms with E-state index in [0.717, 1.165) is 12.8 Å². The number of nitrogen functional groups attached to an aromatic ring is 1. The molecule has 1 unspecified atom stereocenters. The maximum atomic E-state index is 13.4. The molecule has 1 aliphatic rings. The van der Waals surface area contributed by atoms with Crippen LogP contribution in [0.25, 0.3) is 10.9 Å². The lowest BCUT2D eigenvalue weighted by Crippen LogP contribution is -2.50. The van der Waals surface area contributed by atoms with Crippen LogP contribution >= 0.6 is 15.9 Å². The first-order chi connectivity index (χ1) is 15.3. The van der Waals surface area contributed by atoms with Crippen LogP contribution in [0.2, 0.25) is 0 Å². The summed E-state index contributed by atoms with van der Waals surface area (Å²) in [6, 6.07) is 7.76. The Morgan fingerprint density at radius 2 is 2.03 bits per heavy atom. The third kappa shape index (κ3) is 4.72. The van der Waals surface area contributed by atoms with E-state index in [0.29, 0.717) is 53.2 Å². The van der Waals surface area contributed by atoms with Gasteiger partial charge < -0.3 is 20.2 Å². The highest BCUT2D eigenvalue weighted by molar-refractivity contribution is 9.10. The van der Waals surface area contributed by atoms with Crippen molar-refractivity contribution in [3.63, 3.8) is 0 Å². The van der Waals surface area contributed by atoms with Crippen LogP contribution in [0.1, 0.15) is 26.2 Å².